The van der Waals surface area contributed by atoms with E-state index in [4.69, 9.17) is 10.9 Å². The first-order valence-corrected chi connectivity index (χ1v) is 9.34. The molecule has 1 fully saturated rings. The van der Waals surface area contributed by atoms with E-state index < -0.39 is 10.2 Å². The standard InChI is InChI=1S/C15H22N4O3S.ClH/c16-13-3-1-2-11(13)8-15(20)18-12-5-4-10-6-7-19(14(10)9-12)23(17,21)22;/h4-5,9,11,13H,1-3,6-8,16H2,(H,18,20)(H2,17,21,22);1H/t11-,13+;/m0./s1. The number of hydrogen-bond donors (Lipinski definition) is 3. The maximum Gasteiger partial charge on any atom is 0.299 e. The van der Waals surface area contributed by atoms with Crippen LogP contribution in [0.3, 0.4) is 0 Å². The molecule has 1 aliphatic heterocycles. The largest absolute Gasteiger partial charge is 0.327 e. The van der Waals surface area contributed by atoms with E-state index in [2.05, 4.69) is 5.32 Å². The highest BCUT2D eigenvalue weighted by Gasteiger charge is 2.28. The Bertz CT molecular complexity index is 725. The van der Waals surface area contributed by atoms with Crippen molar-refractivity contribution in [1.82, 2.24) is 0 Å². The molecule has 1 aromatic rings. The van der Waals surface area contributed by atoms with Crippen molar-refractivity contribution in [3.05, 3.63) is 23.8 Å². The van der Waals surface area contributed by atoms with E-state index in [1.54, 1.807) is 12.1 Å². The maximum absolute atomic E-state index is 12.2. The molecule has 1 saturated carbocycles. The molecule has 9 heteroatoms. The summed E-state index contributed by atoms with van der Waals surface area (Å²) in [7, 11) is -3.78. The lowest BCUT2D eigenvalue weighted by molar-refractivity contribution is -0.117. The summed E-state index contributed by atoms with van der Waals surface area (Å²) < 4.78 is 24.4. The van der Waals surface area contributed by atoms with Crippen molar-refractivity contribution < 1.29 is 13.2 Å². The molecule has 0 bridgehead atoms. The molecule has 0 unspecified atom stereocenters. The third-order valence-electron chi connectivity index (χ3n) is 4.69. The van der Waals surface area contributed by atoms with Gasteiger partial charge in [0.1, 0.15) is 0 Å². The van der Waals surface area contributed by atoms with Crippen LogP contribution < -0.4 is 20.5 Å². The molecule has 0 saturated heterocycles. The van der Waals surface area contributed by atoms with Crippen LogP contribution in [0.25, 0.3) is 0 Å². The van der Waals surface area contributed by atoms with Crippen LogP contribution in [0, 0.1) is 5.92 Å². The second kappa shape index (κ2) is 7.26. The fourth-order valence-electron chi connectivity index (χ4n) is 3.46. The molecule has 0 radical (unpaired) electrons. The molecule has 24 heavy (non-hydrogen) atoms. The molecule has 0 aromatic heterocycles. The van der Waals surface area contributed by atoms with Crippen LogP contribution in [0.2, 0.25) is 0 Å². The first-order chi connectivity index (χ1) is 10.8. The minimum absolute atomic E-state index is 0. The molecule has 1 amide bonds. The Labute approximate surface area is 148 Å². The van der Waals surface area contributed by atoms with Gasteiger partial charge in [0.2, 0.25) is 5.91 Å². The maximum atomic E-state index is 12.2. The molecule has 7 nitrogen and oxygen atoms in total. The summed E-state index contributed by atoms with van der Waals surface area (Å²) in [6.45, 7) is 0.336. The molecule has 3 rings (SSSR count). The topological polar surface area (TPSA) is 119 Å². The zero-order chi connectivity index (χ0) is 16.6. The number of carbonyl (C=O) groups excluding carboxylic acids is 1. The van der Waals surface area contributed by atoms with E-state index >= 15 is 0 Å². The van der Waals surface area contributed by atoms with Crippen molar-refractivity contribution in [2.45, 2.75) is 38.1 Å². The third kappa shape index (κ3) is 4.00. The highest BCUT2D eigenvalue weighted by atomic mass is 35.5. The number of halogens is 1. The number of benzene rings is 1. The first-order valence-electron chi connectivity index (χ1n) is 7.83. The normalized spacial score (nSPS) is 22.8. The number of nitrogens with one attached hydrogen (secondary N) is 1. The molecule has 5 N–H and O–H groups in total. The van der Waals surface area contributed by atoms with Crippen molar-refractivity contribution in [2.75, 3.05) is 16.2 Å². The van der Waals surface area contributed by atoms with Gasteiger partial charge in [-0.05, 0) is 42.9 Å². The minimum atomic E-state index is -3.78. The molecular weight excluding hydrogens is 352 g/mol. The van der Waals surface area contributed by atoms with Crippen LogP contribution in [-0.2, 0) is 21.4 Å². The molecule has 1 aromatic carbocycles. The van der Waals surface area contributed by atoms with E-state index in [1.807, 2.05) is 6.07 Å². The van der Waals surface area contributed by atoms with Crippen LogP contribution in [0.5, 0.6) is 0 Å². The number of anilines is 2. The van der Waals surface area contributed by atoms with Gasteiger partial charge in [-0.15, -0.1) is 12.4 Å². The predicted octanol–water partition coefficient (Wildman–Crippen LogP) is 1.13. The van der Waals surface area contributed by atoms with Gasteiger partial charge in [0.25, 0.3) is 10.2 Å². The molecule has 134 valence electrons. The van der Waals surface area contributed by atoms with Gasteiger partial charge in [0, 0.05) is 24.7 Å². The number of nitrogens with two attached hydrogens (primary N) is 2. The SMILES string of the molecule is Cl.N[C@@H]1CCC[C@H]1CC(=O)Nc1ccc2c(c1)N(S(N)(=O)=O)CC2. The van der Waals surface area contributed by atoms with Gasteiger partial charge in [0.15, 0.2) is 0 Å². The third-order valence-corrected chi connectivity index (χ3v) is 5.69. The Kier molecular flexibility index (Phi) is 5.74. The lowest BCUT2D eigenvalue weighted by Gasteiger charge is -2.17. The van der Waals surface area contributed by atoms with E-state index in [9.17, 15) is 13.2 Å². The summed E-state index contributed by atoms with van der Waals surface area (Å²) in [6.07, 6.45) is 4.05. The molecule has 2 atom stereocenters. The Morgan fingerprint density at radius 1 is 1.33 bits per heavy atom. The summed E-state index contributed by atoms with van der Waals surface area (Å²) in [5.74, 6) is 0.137. The van der Waals surface area contributed by atoms with E-state index in [-0.39, 0.29) is 30.3 Å². The van der Waals surface area contributed by atoms with Crippen molar-refractivity contribution in [3.63, 3.8) is 0 Å². The summed E-state index contributed by atoms with van der Waals surface area (Å²) in [5, 5.41) is 8.06. The van der Waals surface area contributed by atoms with Crippen molar-refractivity contribution >= 4 is 39.9 Å². The Morgan fingerprint density at radius 3 is 2.71 bits per heavy atom. The molecule has 0 spiro atoms. The van der Waals surface area contributed by atoms with Crippen LogP contribution >= 0.6 is 12.4 Å². The summed E-state index contributed by atoms with van der Waals surface area (Å²) in [5.41, 5.74) is 8.03. The Morgan fingerprint density at radius 2 is 2.08 bits per heavy atom. The van der Waals surface area contributed by atoms with E-state index in [1.165, 1.54) is 4.31 Å². The van der Waals surface area contributed by atoms with Gasteiger partial charge >= 0.3 is 0 Å². The monoisotopic (exact) mass is 374 g/mol. The van der Waals surface area contributed by atoms with Gasteiger partial charge in [-0.25, -0.2) is 5.14 Å². The van der Waals surface area contributed by atoms with Gasteiger partial charge in [-0.3, -0.25) is 9.10 Å². The highest BCUT2D eigenvalue weighted by Crippen LogP contribution is 2.32. The van der Waals surface area contributed by atoms with Crippen LogP contribution in [0.4, 0.5) is 11.4 Å². The van der Waals surface area contributed by atoms with Crippen LogP contribution in [0.15, 0.2) is 18.2 Å². The first kappa shape index (κ1) is 19.0. The Hall–Kier alpha value is -1.35. The summed E-state index contributed by atoms with van der Waals surface area (Å²) >= 11 is 0. The quantitative estimate of drug-likeness (QED) is 0.731. The molecule has 1 heterocycles. The second-order valence-corrected chi connectivity index (χ2v) is 7.79. The number of amides is 1. The predicted molar refractivity (Wildman–Crippen MR) is 96.4 cm³/mol. The zero-order valence-electron chi connectivity index (χ0n) is 13.3. The fourth-order valence-corrected chi connectivity index (χ4v) is 4.25. The molecule has 2 aliphatic rings. The van der Waals surface area contributed by atoms with Gasteiger partial charge in [0.05, 0.1) is 5.69 Å². The smallest absolute Gasteiger partial charge is 0.299 e. The average Bonchev–Trinajstić information content (AvgIpc) is 3.04. The second-order valence-electron chi connectivity index (χ2n) is 6.32. The van der Waals surface area contributed by atoms with Gasteiger partial charge < -0.3 is 11.1 Å². The number of hydrogen-bond acceptors (Lipinski definition) is 4. The minimum Gasteiger partial charge on any atom is -0.327 e. The van der Waals surface area contributed by atoms with Crippen LogP contribution in [0.1, 0.15) is 31.2 Å². The highest BCUT2D eigenvalue weighted by molar-refractivity contribution is 7.90. The fraction of sp³-hybridized carbons (Fsp3) is 0.533. The molecular formula is C15H23ClN4O3S. The van der Waals surface area contributed by atoms with Crippen molar-refractivity contribution in [2.24, 2.45) is 16.8 Å². The lowest BCUT2D eigenvalue weighted by Crippen LogP contribution is -2.35. The average molecular weight is 375 g/mol. The summed E-state index contributed by atoms with van der Waals surface area (Å²) in [4.78, 5) is 12.2. The number of nitrogens with zero attached hydrogens (tertiary/aromatic N) is 1. The number of fused-ring (bicyclic) bond motifs is 1. The van der Waals surface area contributed by atoms with Crippen molar-refractivity contribution in [3.8, 4) is 0 Å². The molecule has 1 aliphatic carbocycles. The van der Waals surface area contributed by atoms with Crippen LogP contribution in [-0.4, -0.2) is 26.9 Å². The Balaban J connectivity index is 0.00000208. The van der Waals surface area contributed by atoms with E-state index in [0.29, 0.717) is 30.8 Å². The lowest BCUT2D eigenvalue weighted by atomic mass is 10.00. The van der Waals surface area contributed by atoms with Crippen molar-refractivity contribution in [1.29, 1.82) is 0 Å². The van der Waals surface area contributed by atoms with E-state index in [0.717, 1.165) is 24.8 Å². The van der Waals surface area contributed by atoms with Gasteiger partial charge in [-0.2, -0.15) is 8.42 Å². The summed E-state index contributed by atoms with van der Waals surface area (Å²) in [6, 6.07) is 5.38. The number of carbonyl (C=O) groups is 1. The van der Waals surface area contributed by atoms with Gasteiger partial charge in [-0.1, -0.05) is 12.5 Å². The number of rotatable bonds is 4. The zero-order valence-corrected chi connectivity index (χ0v) is 14.9.